The van der Waals surface area contributed by atoms with Crippen LogP contribution in [0.1, 0.15) is 25.5 Å². The van der Waals surface area contributed by atoms with E-state index in [1.54, 1.807) is 6.07 Å². The molecule has 0 aliphatic rings. The van der Waals surface area contributed by atoms with Crippen LogP contribution in [-0.2, 0) is 28.2 Å². The lowest BCUT2D eigenvalue weighted by atomic mass is 10.2. The highest BCUT2D eigenvalue weighted by Gasteiger charge is 2.13. The lowest BCUT2D eigenvalue weighted by Gasteiger charge is -2.08. The van der Waals surface area contributed by atoms with Crippen molar-refractivity contribution in [3.8, 4) is 0 Å². The second kappa shape index (κ2) is 6.27. The molecule has 0 bridgehead atoms. The highest BCUT2D eigenvalue weighted by atomic mass is 32.2. The van der Waals surface area contributed by atoms with E-state index >= 15 is 0 Å². The van der Waals surface area contributed by atoms with Gasteiger partial charge in [0.25, 0.3) is 0 Å². The van der Waals surface area contributed by atoms with Gasteiger partial charge in [-0.2, -0.15) is 3.71 Å². The lowest BCUT2D eigenvalue weighted by Crippen LogP contribution is -2.18. The number of benzene rings is 1. The van der Waals surface area contributed by atoms with Crippen molar-refractivity contribution in [3.63, 3.8) is 0 Å². The summed E-state index contributed by atoms with van der Waals surface area (Å²) >= 11 is 0. The van der Waals surface area contributed by atoms with Crippen LogP contribution in [0.4, 0.5) is 5.69 Å². The van der Waals surface area contributed by atoms with Crippen molar-refractivity contribution in [2.45, 2.75) is 26.2 Å². The van der Waals surface area contributed by atoms with Crippen molar-refractivity contribution in [2.24, 2.45) is 0 Å². The molecule has 0 aliphatic heterocycles. The number of unbranched alkanes of at least 4 members (excludes halogenated alkanes) is 1. The van der Waals surface area contributed by atoms with Gasteiger partial charge in [-0.15, -0.1) is 0 Å². The molecular formula is C12H15NO5S2. The van der Waals surface area contributed by atoms with Crippen LogP contribution in [0.15, 0.2) is 28.7 Å². The summed E-state index contributed by atoms with van der Waals surface area (Å²) in [5.74, 6) is 0.809. The normalized spacial score (nSPS) is 11.6. The molecule has 6 nitrogen and oxygen atoms in total. The summed E-state index contributed by atoms with van der Waals surface area (Å²) in [6.45, 7) is 2.08. The first-order valence-electron chi connectivity index (χ1n) is 6.14. The molecule has 0 atom stereocenters. The highest BCUT2D eigenvalue weighted by molar-refractivity contribution is 7.92. The maximum atomic E-state index is 11.0. The molecule has 20 heavy (non-hydrogen) atoms. The molecule has 0 fully saturated rings. The van der Waals surface area contributed by atoms with Gasteiger partial charge in [0.05, 0.1) is 5.69 Å². The molecule has 0 saturated carbocycles. The topological polar surface area (TPSA) is 84.7 Å². The molecule has 0 aliphatic carbocycles. The molecule has 8 heteroatoms. The van der Waals surface area contributed by atoms with Crippen LogP contribution >= 0.6 is 0 Å². The summed E-state index contributed by atoms with van der Waals surface area (Å²) in [7, 11) is -6.46. The van der Waals surface area contributed by atoms with Crippen molar-refractivity contribution in [1.29, 1.82) is 0 Å². The molecule has 1 aromatic heterocycles. The van der Waals surface area contributed by atoms with Crippen molar-refractivity contribution in [1.82, 2.24) is 0 Å². The molecule has 2 aromatic rings. The van der Waals surface area contributed by atoms with Crippen molar-refractivity contribution < 1.29 is 21.3 Å². The Morgan fingerprint density at radius 2 is 1.80 bits per heavy atom. The maximum absolute atomic E-state index is 11.0. The number of rotatable bonds is 6. The van der Waals surface area contributed by atoms with Gasteiger partial charge in [0.15, 0.2) is 0 Å². The molecule has 110 valence electrons. The quantitative estimate of drug-likeness (QED) is 0.791. The molecule has 0 saturated heterocycles. The molecule has 0 unspecified atom stereocenters. The minimum Gasteiger partial charge on any atom is -0.461 e. The highest BCUT2D eigenvalue weighted by Crippen LogP contribution is 2.26. The smallest absolute Gasteiger partial charge is 0.237 e. The summed E-state index contributed by atoms with van der Waals surface area (Å²) in [6, 6.07) is 6.28. The molecule has 2 rings (SSSR count). The van der Waals surface area contributed by atoms with Crippen LogP contribution in [0.2, 0.25) is 0 Å². The standard InChI is InChI=1S/C12H15NO5S2/c1-2-3-4-11-8-9-7-10(5-6-12(9)18-11)13(19(14)15)20(16)17/h5-8,19-20H,2-4H2,1H3. The van der Waals surface area contributed by atoms with Crippen LogP contribution < -0.4 is 3.71 Å². The summed E-state index contributed by atoms with van der Waals surface area (Å²) in [6.07, 6.45) is 2.84. The molecular weight excluding hydrogens is 302 g/mol. The van der Waals surface area contributed by atoms with Gasteiger partial charge < -0.3 is 4.42 Å². The summed E-state index contributed by atoms with van der Waals surface area (Å²) in [5.41, 5.74) is 0.703. The number of hydrogen-bond donors (Lipinski definition) is 2. The monoisotopic (exact) mass is 317 g/mol. The van der Waals surface area contributed by atoms with Gasteiger partial charge in [-0.1, -0.05) is 13.3 Å². The van der Waals surface area contributed by atoms with Crippen LogP contribution in [0.25, 0.3) is 11.0 Å². The van der Waals surface area contributed by atoms with Gasteiger partial charge in [-0.05, 0) is 30.7 Å². The van der Waals surface area contributed by atoms with Crippen LogP contribution in [0.5, 0.6) is 0 Å². The Morgan fingerprint density at radius 1 is 1.10 bits per heavy atom. The Hall–Kier alpha value is -1.54. The molecule has 0 amide bonds. The SMILES string of the molecule is CCCCc1cc2cc(N([SH](=O)=O)[SH](=O)=O)ccc2o1. The lowest BCUT2D eigenvalue weighted by molar-refractivity contribution is 0.536. The summed E-state index contributed by atoms with van der Waals surface area (Å²) in [4.78, 5) is 0. The van der Waals surface area contributed by atoms with E-state index in [2.05, 4.69) is 6.92 Å². The zero-order chi connectivity index (χ0) is 14.7. The number of thiol groups is 2. The second-order valence-corrected chi connectivity index (χ2v) is 6.37. The fourth-order valence-electron chi connectivity index (χ4n) is 1.93. The number of furan rings is 1. The molecule has 1 heterocycles. The average Bonchev–Trinajstić information content (AvgIpc) is 2.77. The Balaban J connectivity index is 2.42. The van der Waals surface area contributed by atoms with E-state index < -0.39 is 21.8 Å². The minimum atomic E-state index is -3.23. The molecule has 0 radical (unpaired) electrons. The largest absolute Gasteiger partial charge is 0.461 e. The predicted octanol–water partition coefficient (Wildman–Crippen LogP) is 1.63. The third-order valence-electron chi connectivity index (χ3n) is 2.87. The van der Waals surface area contributed by atoms with Crippen molar-refractivity contribution >= 4 is 38.4 Å². The third kappa shape index (κ3) is 3.13. The molecule has 0 N–H and O–H groups in total. The van der Waals surface area contributed by atoms with Crippen molar-refractivity contribution in [2.75, 3.05) is 3.71 Å². The maximum Gasteiger partial charge on any atom is 0.237 e. The fraction of sp³-hybridized carbons (Fsp3) is 0.333. The number of anilines is 1. The van der Waals surface area contributed by atoms with E-state index in [-0.39, 0.29) is 5.69 Å². The summed E-state index contributed by atoms with van der Waals surface area (Å²) < 4.78 is 49.9. The first kappa shape index (κ1) is 14.9. The number of aryl methyl sites for hydroxylation is 1. The number of nitrogens with zero attached hydrogens (tertiary/aromatic N) is 1. The Bertz CT molecular complexity index is 722. The second-order valence-electron chi connectivity index (χ2n) is 4.30. The number of hydrogen-bond acceptors (Lipinski definition) is 5. The van der Waals surface area contributed by atoms with Gasteiger partial charge in [-0.25, -0.2) is 16.8 Å². The Kier molecular flexibility index (Phi) is 4.66. The van der Waals surface area contributed by atoms with E-state index in [1.807, 2.05) is 6.07 Å². The van der Waals surface area contributed by atoms with Crippen LogP contribution in [-0.4, -0.2) is 16.8 Å². The molecule has 0 spiro atoms. The minimum absolute atomic E-state index is 0.0903. The van der Waals surface area contributed by atoms with Gasteiger partial charge in [0.1, 0.15) is 11.3 Å². The van der Waals surface area contributed by atoms with Gasteiger partial charge >= 0.3 is 0 Å². The van der Waals surface area contributed by atoms with Crippen LogP contribution in [0, 0.1) is 0 Å². The fourth-order valence-corrected chi connectivity index (χ4v) is 3.04. The third-order valence-corrected chi connectivity index (χ3v) is 4.82. The van der Waals surface area contributed by atoms with Crippen molar-refractivity contribution in [3.05, 3.63) is 30.0 Å². The van der Waals surface area contributed by atoms with E-state index in [4.69, 9.17) is 4.42 Å². The van der Waals surface area contributed by atoms with E-state index in [0.29, 0.717) is 14.7 Å². The van der Waals surface area contributed by atoms with E-state index in [0.717, 1.165) is 25.0 Å². The molecule has 1 aromatic carbocycles. The number of fused-ring (bicyclic) bond motifs is 1. The van der Waals surface area contributed by atoms with Gasteiger partial charge in [0.2, 0.25) is 21.8 Å². The first-order valence-corrected chi connectivity index (χ1v) is 8.40. The average molecular weight is 317 g/mol. The Labute approximate surface area is 120 Å². The van der Waals surface area contributed by atoms with E-state index in [9.17, 15) is 16.8 Å². The predicted molar refractivity (Wildman–Crippen MR) is 77.9 cm³/mol. The first-order chi connectivity index (χ1) is 9.52. The van der Waals surface area contributed by atoms with Gasteiger partial charge in [-0.3, -0.25) is 0 Å². The Morgan fingerprint density at radius 3 is 2.40 bits per heavy atom. The van der Waals surface area contributed by atoms with Gasteiger partial charge in [0, 0.05) is 11.8 Å². The summed E-state index contributed by atoms with van der Waals surface area (Å²) in [5, 5.41) is 0.687. The zero-order valence-corrected chi connectivity index (χ0v) is 12.6. The van der Waals surface area contributed by atoms with E-state index in [1.165, 1.54) is 12.1 Å². The zero-order valence-electron chi connectivity index (χ0n) is 10.8. The van der Waals surface area contributed by atoms with Crippen LogP contribution in [0.3, 0.4) is 0 Å².